The molecule has 0 aromatic heterocycles. The molecule has 0 fully saturated rings. The molecule has 0 saturated heterocycles. The monoisotopic (exact) mass is 408 g/mol. The van der Waals surface area contributed by atoms with Crippen molar-refractivity contribution in [1.29, 1.82) is 5.26 Å². The first-order valence-corrected chi connectivity index (χ1v) is 9.47. The van der Waals surface area contributed by atoms with Crippen molar-refractivity contribution in [2.24, 2.45) is 0 Å². The topological polar surface area (TPSA) is 97.7 Å². The lowest BCUT2D eigenvalue weighted by Gasteiger charge is -2.08. The molecule has 0 radical (unpaired) electrons. The molecule has 1 amide bonds. The quantitative estimate of drug-likeness (QED) is 0.213. The number of amides is 1. The first-order valence-electron chi connectivity index (χ1n) is 9.47. The number of hydrogen-bond acceptors (Lipinski definition) is 6. The summed E-state index contributed by atoms with van der Waals surface area (Å²) in [4.78, 5) is 23.9. The Morgan fingerprint density at radius 1 is 1.07 bits per heavy atom. The van der Waals surface area contributed by atoms with Crippen LogP contribution >= 0.6 is 0 Å². The van der Waals surface area contributed by atoms with E-state index in [4.69, 9.17) is 14.2 Å². The van der Waals surface area contributed by atoms with Crippen LogP contribution in [0.1, 0.15) is 18.1 Å². The van der Waals surface area contributed by atoms with Gasteiger partial charge in [-0.15, -0.1) is 0 Å². The third-order valence-corrected chi connectivity index (χ3v) is 4.07. The zero-order chi connectivity index (χ0) is 21.8. The molecule has 2 aromatic rings. The van der Waals surface area contributed by atoms with E-state index in [1.807, 2.05) is 30.3 Å². The number of ether oxygens (including phenoxy) is 3. The molecule has 2 aromatic carbocycles. The lowest BCUT2D eigenvalue weighted by Crippen LogP contribution is -2.27. The second-order valence-electron chi connectivity index (χ2n) is 6.25. The number of methoxy groups -OCH3 is 1. The van der Waals surface area contributed by atoms with Crippen LogP contribution in [0, 0.1) is 11.3 Å². The summed E-state index contributed by atoms with van der Waals surface area (Å²) in [7, 11) is 1.53. The zero-order valence-corrected chi connectivity index (χ0v) is 17.0. The van der Waals surface area contributed by atoms with Crippen LogP contribution in [-0.2, 0) is 20.7 Å². The molecule has 0 atom stereocenters. The Hall–Kier alpha value is -3.63. The summed E-state index contributed by atoms with van der Waals surface area (Å²) in [6, 6.07) is 15.8. The van der Waals surface area contributed by atoms with E-state index in [1.54, 1.807) is 24.3 Å². The van der Waals surface area contributed by atoms with Gasteiger partial charge in [-0.2, -0.15) is 5.26 Å². The van der Waals surface area contributed by atoms with Gasteiger partial charge in [0, 0.05) is 13.7 Å². The van der Waals surface area contributed by atoms with Crippen molar-refractivity contribution in [3.63, 3.8) is 0 Å². The van der Waals surface area contributed by atoms with Crippen molar-refractivity contribution in [2.75, 3.05) is 26.9 Å². The Balaban J connectivity index is 1.88. The van der Waals surface area contributed by atoms with Crippen molar-refractivity contribution in [3.05, 3.63) is 65.2 Å². The summed E-state index contributed by atoms with van der Waals surface area (Å²) in [6.07, 6.45) is 2.39. The molecule has 0 spiro atoms. The van der Waals surface area contributed by atoms with Gasteiger partial charge in [-0.25, -0.2) is 4.79 Å². The van der Waals surface area contributed by atoms with Crippen molar-refractivity contribution >= 4 is 18.0 Å². The first kappa shape index (κ1) is 22.7. The minimum Gasteiger partial charge on any atom is -0.482 e. The number of esters is 1. The number of benzene rings is 2. The van der Waals surface area contributed by atoms with Gasteiger partial charge < -0.3 is 19.5 Å². The molecule has 0 aliphatic rings. The van der Waals surface area contributed by atoms with Crippen LogP contribution in [0.25, 0.3) is 6.08 Å². The molecule has 156 valence electrons. The molecule has 0 bridgehead atoms. The van der Waals surface area contributed by atoms with E-state index in [0.29, 0.717) is 30.2 Å². The molecule has 7 heteroatoms. The number of aryl methyl sites for hydroxylation is 1. The van der Waals surface area contributed by atoms with Crippen LogP contribution in [0.2, 0.25) is 0 Å². The van der Waals surface area contributed by atoms with Gasteiger partial charge in [0.25, 0.3) is 5.91 Å². The summed E-state index contributed by atoms with van der Waals surface area (Å²) < 4.78 is 15.5. The second kappa shape index (κ2) is 12.0. The number of rotatable bonds is 10. The minimum atomic E-state index is -0.534. The number of hydrogen-bond donors (Lipinski definition) is 1. The number of nitriles is 1. The van der Waals surface area contributed by atoms with Crippen LogP contribution < -0.4 is 14.8 Å². The van der Waals surface area contributed by atoms with Gasteiger partial charge in [0.05, 0.1) is 6.61 Å². The molecule has 0 aliphatic carbocycles. The zero-order valence-electron chi connectivity index (χ0n) is 17.0. The van der Waals surface area contributed by atoms with Gasteiger partial charge in [0.1, 0.15) is 23.1 Å². The molecule has 0 heterocycles. The summed E-state index contributed by atoms with van der Waals surface area (Å²) in [6.45, 7) is 2.52. The lowest BCUT2D eigenvalue weighted by molar-refractivity contribution is -0.136. The molecular weight excluding hydrogens is 384 g/mol. The first-order chi connectivity index (χ1) is 14.5. The van der Waals surface area contributed by atoms with Gasteiger partial charge >= 0.3 is 5.97 Å². The molecule has 7 nitrogen and oxygen atoms in total. The second-order valence-corrected chi connectivity index (χ2v) is 6.25. The number of nitrogens with one attached hydrogen (secondary N) is 1. The van der Waals surface area contributed by atoms with Crippen molar-refractivity contribution in [3.8, 4) is 17.6 Å². The largest absolute Gasteiger partial charge is 0.482 e. The average molecular weight is 408 g/mol. The van der Waals surface area contributed by atoms with Gasteiger partial charge in [0.15, 0.2) is 6.61 Å². The molecule has 1 N–H and O–H groups in total. The van der Waals surface area contributed by atoms with E-state index in [0.717, 1.165) is 6.42 Å². The molecular formula is C23H24N2O5. The van der Waals surface area contributed by atoms with Crippen LogP contribution in [-0.4, -0.2) is 38.7 Å². The number of carbonyl (C=O) groups excluding carboxylic acids is 2. The fourth-order valence-electron chi connectivity index (χ4n) is 2.43. The van der Waals surface area contributed by atoms with Crippen LogP contribution in [0.3, 0.4) is 0 Å². The normalized spacial score (nSPS) is 10.8. The highest BCUT2D eigenvalue weighted by Gasteiger charge is 2.09. The van der Waals surface area contributed by atoms with E-state index < -0.39 is 11.9 Å². The fraction of sp³-hybridized carbons (Fsp3) is 0.261. The summed E-state index contributed by atoms with van der Waals surface area (Å²) in [5.41, 5.74) is 1.78. The van der Waals surface area contributed by atoms with E-state index in [2.05, 4.69) is 12.2 Å². The van der Waals surface area contributed by atoms with Gasteiger partial charge in [-0.05, 0) is 47.9 Å². The maximum absolute atomic E-state index is 12.0. The highest BCUT2D eigenvalue weighted by atomic mass is 16.6. The predicted molar refractivity (Wildman–Crippen MR) is 112 cm³/mol. The highest BCUT2D eigenvalue weighted by Crippen LogP contribution is 2.16. The number of nitrogens with zero attached hydrogens (tertiary/aromatic N) is 1. The van der Waals surface area contributed by atoms with Gasteiger partial charge in [-0.3, -0.25) is 4.79 Å². The van der Waals surface area contributed by atoms with Crippen LogP contribution in [0.15, 0.2) is 54.1 Å². The standard InChI is InChI=1S/C23H24N2O5/c1-3-17-4-8-20(9-5-17)29-16-22(26)30-21-10-6-18(7-11-21)14-19(15-24)23(27)25-12-13-28-2/h4-11,14H,3,12-13,16H2,1-2H3,(H,25,27)/b19-14+. The molecule has 0 aliphatic heterocycles. The fourth-order valence-corrected chi connectivity index (χ4v) is 2.43. The van der Waals surface area contributed by atoms with Crippen molar-refractivity contribution < 1.29 is 23.8 Å². The highest BCUT2D eigenvalue weighted by molar-refractivity contribution is 6.01. The summed E-state index contributed by atoms with van der Waals surface area (Å²) >= 11 is 0. The Morgan fingerprint density at radius 2 is 1.73 bits per heavy atom. The maximum Gasteiger partial charge on any atom is 0.349 e. The summed E-state index contributed by atoms with van der Waals surface area (Å²) in [5, 5.41) is 11.8. The van der Waals surface area contributed by atoms with Crippen molar-refractivity contribution in [2.45, 2.75) is 13.3 Å². The van der Waals surface area contributed by atoms with E-state index in [9.17, 15) is 14.9 Å². The van der Waals surface area contributed by atoms with E-state index in [1.165, 1.54) is 18.7 Å². The van der Waals surface area contributed by atoms with Crippen LogP contribution in [0.5, 0.6) is 11.5 Å². The Bertz CT molecular complexity index is 912. The Kier molecular flexibility index (Phi) is 9.10. The van der Waals surface area contributed by atoms with Gasteiger partial charge in [-0.1, -0.05) is 31.2 Å². The minimum absolute atomic E-state index is 0.0293. The molecule has 0 saturated carbocycles. The van der Waals surface area contributed by atoms with Crippen LogP contribution in [0.4, 0.5) is 0 Å². The van der Waals surface area contributed by atoms with E-state index >= 15 is 0 Å². The third kappa shape index (κ3) is 7.41. The average Bonchev–Trinajstić information content (AvgIpc) is 2.77. The Morgan fingerprint density at radius 3 is 2.33 bits per heavy atom. The SMILES string of the molecule is CCc1ccc(OCC(=O)Oc2ccc(/C=C(\C#N)C(=O)NCCOC)cc2)cc1. The predicted octanol–water partition coefficient (Wildman–Crippen LogP) is 2.90. The third-order valence-electron chi connectivity index (χ3n) is 4.07. The number of carbonyl (C=O) groups is 2. The Labute approximate surface area is 175 Å². The molecule has 30 heavy (non-hydrogen) atoms. The maximum atomic E-state index is 12.0. The molecule has 2 rings (SSSR count). The van der Waals surface area contributed by atoms with Gasteiger partial charge in [0.2, 0.25) is 0 Å². The van der Waals surface area contributed by atoms with E-state index in [-0.39, 0.29) is 12.2 Å². The van der Waals surface area contributed by atoms with Crippen molar-refractivity contribution in [1.82, 2.24) is 5.32 Å². The summed E-state index contributed by atoms with van der Waals surface area (Å²) in [5.74, 6) is -0.0788. The lowest BCUT2D eigenvalue weighted by atomic mass is 10.1. The smallest absolute Gasteiger partial charge is 0.349 e. The molecule has 0 unspecified atom stereocenters.